The van der Waals surface area contributed by atoms with Crippen LogP contribution in [0.5, 0.6) is 0 Å². The lowest BCUT2D eigenvalue weighted by Crippen LogP contribution is -1.89. The van der Waals surface area contributed by atoms with Crippen LogP contribution in [-0.4, -0.2) is 4.57 Å². The minimum Gasteiger partial charge on any atom is -0.464 e. The van der Waals surface area contributed by atoms with Crippen LogP contribution in [0, 0.1) is 0 Å². The van der Waals surface area contributed by atoms with Crippen molar-refractivity contribution in [1.82, 2.24) is 4.57 Å². The van der Waals surface area contributed by atoms with E-state index in [4.69, 9.17) is 4.42 Å². The van der Waals surface area contributed by atoms with Gasteiger partial charge in [0.05, 0.1) is 6.26 Å². The minimum absolute atomic E-state index is 0.964. The Kier molecular flexibility index (Phi) is 1.45. The van der Waals surface area contributed by atoms with Gasteiger partial charge in [-0.05, 0) is 31.2 Å². The third kappa shape index (κ3) is 0.854. The first kappa shape index (κ1) is 7.68. The zero-order chi connectivity index (χ0) is 9.54. The molecule has 70 valence electrons. The zero-order valence-electron chi connectivity index (χ0n) is 8.03. The van der Waals surface area contributed by atoms with Gasteiger partial charge in [-0.2, -0.15) is 0 Å². The van der Waals surface area contributed by atoms with Crippen LogP contribution in [-0.2, 0) is 6.54 Å². The molecular formula is C12H11NO. The Morgan fingerprint density at radius 3 is 2.93 bits per heavy atom. The molecular weight excluding hydrogens is 174 g/mol. The van der Waals surface area contributed by atoms with Gasteiger partial charge in [-0.15, -0.1) is 0 Å². The first-order valence-electron chi connectivity index (χ1n) is 4.85. The molecule has 0 aliphatic rings. The molecule has 0 amide bonds. The molecule has 2 heterocycles. The number of nitrogens with zero attached hydrogens (tertiary/aromatic N) is 1. The summed E-state index contributed by atoms with van der Waals surface area (Å²) in [4.78, 5) is 0. The van der Waals surface area contributed by atoms with Gasteiger partial charge in [0.15, 0.2) is 0 Å². The van der Waals surface area contributed by atoms with E-state index in [0.717, 1.165) is 12.1 Å². The molecule has 0 radical (unpaired) electrons. The van der Waals surface area contributed by atoms with E-state index < -0.39 is 0 Å². The van der Waals surface area contributed by atoms with Crippen molar-refractivity contribution in [2.45, 2.75) is 13.5 Å². The Balaban J connectivity index is 2.52. The second-order valence-electron chi connectivity index (χ2n) is 3.43. The Hall–Kier alpha value is -1.70. The monoisotopic (exact) mass is 185 g/mol. The average molecular weight is 185 g/mol. The van der Waals surface area contributed by atoms with Crippen LogP contribution in [0.25, 0.3) is 21.9 Å². The van der Waals surface area contributed by atoms with Crippen molar-refractivity contribution < 1.29 is 4.42 Å². The third-order valence-corrected chi connectivity index (χ3v) is 2.73. The summed E-state index contributed by atoms with van der Waals surface area (Å²) in [5.74, 6) is 0. The summed E-state index contributed by atoms with van der Waals surface area (Å²) in [6, 6.07) is 8.32. The van der Waals surface area contributed by atoms with E-state index >= 15 is 0 Å². The fourth-order valence-electron chi connectivity index (χ4n) is 2.00. The molecule has 3 aromatic rings. The highest BCUT2D eigenvalue weighted by molar-refractivity contribution is 6.04. The van der Waals surface area contributed by atoms with Crippen LogP contribution in [0.2, 0.25) is 0 Å². The van der Waals surface area contributed by atoms with Gasteiger partial charge in [-0.25, -0.2) is 0 Å². The summed E-state index contributed by atoms with van der Waals surface area (Å²) in [6.07, 6.45) is 3.87. The highest BCUT2D eigenvalue weighted by atomic mass is 16.3. The summed E-state index contributed by atoms with van der Waals surface area (Å²) < 4.78 is 7.60. The molecule has 2 nitrogen and oxygen atoms in total. The fourth-order valence-corrected chi connectivity index (χ4v) is 2.00. The Morgan fingerprint density at radius 1 is 1.14 bits per heavy atom. The van der Waals surface area contributed by atoms with E-state index in [0.29, 0.717) is 0 Å². The first-order valence-corrected chi connectivity index (χ1v) is 4.85. The van der Waals surface area contributed by atoms with Crippen molar-refractivity contribution in [3.63, 3.8) is 0 Å². The maximum absolute atomic E-state index is 5.36. The zero-order valence-corrected chi connectivity index (χ0v) is 8.03. The van der Waals surface area contributed by atoms with Crippen molar-refractivity contribution >= 4 is 21.9 Å². The van der Waals surface area contributed by atoms with Gasteiger partial charge in [0.25, 0.3) is 0 Å². The van der Waals surface area contributed by atoms with Gasteiger partial charge in [-0.3, -0.25) is 0 Å². The van der Waals surface area contributed by atoms with Crippen molar-refractivity contribution in [1.29, 1.82) is 0 Å². The molecule has 0 fully saturated rings. The Bertz CT molecular complexity index is 588. The van der Waals surface area contributed by atoms with Crippen LogP contribution < -0.4 is 0 Å². The van der Waals surface area contributed by atoms with E-state index in [1.54, 1.807) is 6.26 Å². The van der Waals surface area contributed by atoms with E-state index in [2.05, 4.69) is 29.8 Å². The standard InChI is InChI=1S/C12H11NO/c1-2-13-7-5-9-10-6-8-14-12(10)4-3-11(9)13/h3-8H,2H2,1H3. The Morgan fingerprint density at radius 2 is 2.07 bits per heavy atom. The number of fused-ring (bicyclic) bond motifs is 3. The number of aryl methyl sites for hydroxylation is 1. The van der Waals surface area contributed by atoms with Crippen molar-refractivity contribution in [3.8, 4) is 0 Å². The molecule has 2 aromatic heterocycles. The second-order valence-corrected chi connectivity index (χ2v) is 3.43. The van der Waals surface area contributed by atoms with Crippen molar-refractivity contribution in [2.24, 2.45) is 0 Å². The first-order chi connectivity index (χ1) is 6.90. The number of hydrogen-bond acceptors (Lipinski definition) is 1. The lowest BCUT2D eigenvalue weighted by atomic mass is 10.2. The molecule has 0 saturated heterocycles. The molecule has 0 saturated carbocycles. The fraction of sp³-hybridized carbons (Fsp3) is 0.167. The van der Waals surface area contributed by atoms with E-state index in [9.17, 15) is 0 Å². The lowest BCUT2D eigenvalue weighted by molar-refractivity contribution is 0.616. The van der Waals surface area contributed by atoms with Crippen LogP contribution in [0.15, 0.2) is 41.1 Å². The highest BCUT2D eigenvalue weighted by Gasteiger charge is 2.05. The molecule has 1 aromatic carbocycles. The smallest absolute Gasteiger partial charge is 0.134 e. The van der Waals surface area contributed by atoms with E-state index in [-0.39, 0.29) is 0 Å². The summed E-state index contributed by atoms with van der Waals surface area (Å²) in [6.45, 7) is 3.16. The van der Waals surface area contributed by atoms with Crippen LogP contribution in [0.1, 0.15) is 6.92 Å². The Labute approximate surface area is 81.7 Å². The maximum Gasteiger partial charge on any atom is 0.134 e. The minimum atomic E-state index is 0.964. The number of hydrogen-bond donors (Lipinski definition) is 0. The molecule has 2 heteroatoms. The molecule has 3 rings (SSSR count). The van der Waals surface area contributed by atoms with Gasteiger partial charge in [0.2, 0.25) is 0 Å². The van der Waals surface area contributed by atoms with Crippen LogP contribution >= 0.6 is 0 Å². The second kappa shape index (κ2) is 2.64. The van der Waals surface area contributed by atoms with Gasteiger partial charge in [0.1, 0.15) is 5.58 Å². The van der Waals surface area contributed by atoms with Gasteiger partial charge in [-0.1, -0.05) is 0 Å². The van der Waals surface area contributed by atoms with Crippen LogP contribution in [0.3, 0.4) is 0 Å². The predicted molar refractivity (Wildman–Crippen MR) is 57.4 cm³/mol. The highest BCUT2D eigenvalue weighted by Crippen LogP contribution is 2.26. The quantitative estimate of drug-likeness (QED) is 0.568. The molecule has 0 N–H and O–H groups in total. The molecule has 14 heavy (non-hydrogen) atoms. The molecule has 0 spiro atoms. The summed E-state index contributed by atoms with van der Waals surface area (Å²) in [5.41, 5.74) is 2.24. The largest absolute Gasteiger partial charge is 0.464 e. The molecule has 0 atom stereocenters. The number of furan rings is 1. The topological polar surface area (TPSA) is 18.1 Å². The van der Waals surface area contributed by atoms with Gasteiger partial charge < -0.3 is 8.98 Å². The van der Waals surface area contributed by atoms with Crippen molar-refractivity contribution in [2.75, 3.05) is 0 Å². The van der Waals surface area contributed by atoms with E-state index in [1.807, 2.05) is 12.1 Å². The van der Waals surface area contributed by atoms with E-state index in [1.165, 1.54) is 16.3 Å². The molecule has 0 aliphatic heterocycles. The average Bonchev–Trinajstić information content (AvgIpc) is 2.82. The number of aromatic nitrogens is 1. The molecule has 0 bridgehead atoms. The van der Waals surface area contributed by atoms with Crippen molar-refractivity contribution in [3.05, 3.63) is 36.7 Å². The van der Waals surface area contributed by atoms with Gasteiger partial charge >= 0.3 is 0 Å². The predicted octanol–water partition coefficient (Wildman–Crippen LogP) is 3.41. The SMILES string of the molecule is CCn1ccc2c3ccoc3ccc21. The number of benzene rings is 1. The molecule has 0 aliphatic carbocycles. The van der Waals surface area contributed by atoms with Gasteiger partial charge in [0, 0.05) is 29.0 Å². The maximum atomic E-state index is 5.36. The third-order valence-electron chi connectivity index (χ3n) is 2.73. The summed E-state index contributed by atoms with van der Waals surface area (Å²) >= 11 is 0. The lowest BCUT2D eigenvalue weighted by Gasteiger charge is -1.99. The molecule has 0 unspecified atom stereocenters. The summed E-state index contributed by atoms with van der Waals surface area (Å²) in [7, 11) is 0. The van der Waals surface area contributed by atoms with Crippen LogP contribution in [0.4, 0.5) is 0 Å². The number of rotatable bonds is 1. The normalized spacial score (nSPS) is 11.5. The summed E-state index contributed by atoms with van der Waals surface area (Å²) in [5, 5.41) is 2.48.